The van der Waals surface area contributed by atoms with Crippen LogP contribution in [0.25, 0.3) is 0 Å². The molecule has 0 fully saturated rings. The summed E-state index contributed by atoms with van der Waals surface area (Å²) in [5.74, 6) is 0.926. The van der Waals surface area contributed by atoms with E-state index in [4.69, 9.17) is 0 Å². The minimum atomic E-state index is 0. The van der Waals surface area contributed by atoms with Gasteiger partial charge in [-0.1, -0.05) is 19.8 Å². The van der Waals surface area contributed by atoms with Crippen molar-refractivity contribution >= 4 is 29.9 Å². The molecule has 0 aliphatic rings. The van der Waals surface area contributed by atoms with Crippen molar-refractivity contribution in [1.82, 2.24) is 15.5 Å². The largest absolute Gasteiger partial charge is 0.356 e. The molecular formula is C12H29IN4. The molecule has 0 atom stereocenters. The molecule has 0 rings (SSSR count). The Morgan fingerprint density at radius 2 is 1.65 bits per heavy atom. The Hall–Kier alpha value is -0.0400. The number of rotatable bonds is 8. The molecule has 0 saturated heterocycles. The summed E-state index contributed by atoms with van der Waals surface area (Å²) in [4.78, 5) is 6.38. The Bertz CT molecular complexity index is 183. The molecule has 0 spiro atoms. The average Bonchev–Trinajstić information content (AvgIpc) is 2.26. The molecule has 0 aromatic carbocycles. The molecule has 0 aromatic heterocycles. The molecule has 5 heteroatoms. The third kappa shape index (κ3) is 13.9. The van der Waals surface area contributed by atoms with E-state index in [0.29, 0.717) is 0 Å². The van der Waals surface area contributed by atoms with Crippen molar-refractivity contribution in [3.63, 3.8) is 0 Å². The number of nitrogens with one attached hydrogen (secondary N) is 2. The highest BCUT2D eigenvalue weighted by Crippen LogP contribution is 1.90. The SMILES string of the molecule is CCCCCNC(=NC)NCCCN(C)C.I. The Kier molecular flexibility index (Phi) is 15.9. The molecule has 104 valence electrons. The lowest BCUT2D eigenvalue weighted by Crippen LogP contribution is -2.38. The van der Waals surface area contributed by atoms with Gasteiger partial charge in [-0.2, -0.15) is 0 Å². The highest BCUT2D eigenvalue weighted by molar-refractivity contribution is 14.0. The van der Waals surface area contributed by atoms with Gasteiger partial charge in [0.1, 0.15) is 0 Å². The van der Waals surface area contributed by atoms with E-state index in [2.05, 4.69) is 41.5 Å². The maximum Gasteiger partial charge on any atom is 0.190 e. The summed E-state index contributed by atoms with van der Waals surface area (Å²) < 4.78 is 0. The summed E-state index contributed by atoms with van der Waals surface area (Å²) in [6, 6.07) is 0. The molecule has 0 radical (unpaired) electrons. The minimum Gasteiger partial charge on any atom is -0.356 e. The maximum atomic E-state index is 4.18. The number of halogens is 1. The fourth-order valence-electron chi connectivity index (χ4n) is 1.40. The van der Waals surface area contributed by atoms with Crippen molar-refractivity contribution in [2.45, 2.75) is 32.6 Å². The second-order valence-electron chi connectivity index (χ2n) is 4.29. The van der Waals surface area contributed by atoms with Crippen LogP contribution in [0.2, 0.25) is 0 Å². The summed E-state index contributed by atoms with van der Waals surface area (Å²) in [5, 5.41) is 6.63. The Morgan fingerprint density at radius 3 is 2.12 bits per heavy atom. The highest BCUT2D eigenvalue weighted by Gasteiger charge is 1.96. The van der Waals surface area contributed by atoms with Crippen molar-refractivity contribution in [3.05, 3.63) is 0 Å². The topological polar surface area (TPSA) is 39.7 Å². The van der Waals surface area contributed by atoms with Crippen LogP contribution in [0.5, 0.6) is 0 Å². The number of nitrogens with zero attached hydrogens (tertiary/aromatic N) is 2. The molecule has 0 saturated carbocycles. The van der Waals surface area contributed by atoms with E-state index in [0.717, 1.165) is 32.0 Å². The zero-order valence-electron chi connectivity index (χ0n) is 11.8. The minimum absolute atomic E-state index is 0. The van der Waals surface area contributed by atoms with Gasteiger partial charge in [0.15, 0.2) is 5.96 Å². The zero-order valence-corrected chi connectivity index (χ0v) is 14.1. The van der Waals surface area contributed by atoms with E-state index in [1.54, 1.807) is 0 Å². The van der Waals surface area contributed by atoms with E-state index >= 15 is 0 Å². The van der Waals surface area contributed by atoms with Gasteiger partial charge in [-0.05, 0) is 33.5 Å². The average molecular weight is 356 g/mol. The molecule has 0 unspecified atom stereocenters. The molecule has 0 aliphatic carbocycles. The fourth-order valence-corrected chi connectivity index (χ4v) is 1.40. The number of aliphatic imine (C=N–C) groups is 1. The summed E-state index contributed by atoms with van der Waals surface area (Å²) in [6.45, 7) is 5.32. The molecule has 0 aliphatic heterocycles. The summed E-state index contributed by atoms with van der Waals surface area (Å²) >= 11 is 0. The van der Waals surface area contributed by atoms with Gasteiger partial charge < -0.3 is 15.5 Å². The van der Waals surface area contributed by atoms with E-state index in [1.807, 2.05) is 7.05 Å². The lowest BCUT2D eigenvalue weighted by atomic mass is 10.2. The van der Waals surface area contributed by atoms with Crippen LogP contribution in [0, 0.1) is 0 Å². The number of hydrogen-bond acceptors (Lipinski definition) is 2. The van der Waals surface area contributed by atoms with Gasteiger partial charge in [0.05, 0.1) is 0 Å². The molecule has 0 amide bonds. The Morgan fingerprint density at radius 1 is 1.06 bits per heavy atom. The van der Waals surface area contributed by atoms with Crippen LogP contribution in [0.1, 0.15) is 32.6 Å². The summed E-state index contributed by atoms with van der Waals surface area (Å²) in [5.41, 5.74) is 0. The number of guanidine groups is 1. The number of hydrogen-bond donors (Lipinski definition) is 2. The van der Waals surface area contributed by atoms with Gasteiger partial charge in [0.2, 0.25) is 0 Å². The summed E-state index contributed by atoms with van der Waals surface area (Å²) in [6.07, 6.45) is 4.90. The van der Waals surface area contributed by atoms with Gasteiger partial charge >= 0.3 is 0 Å². The first-order valence-electron chi connectivity index (χ1n) is 6.30. The Balaban J connectivity index is 0. The van der Waals surface area contributed by atoms with Crippen molar-refractivity contribution in [3.8, 4) is 0 Å². The highest BCUT2D eigenvalue weighted by atomic mass is 127. The number of unbranched alkanes of at least 4 members (excludes halogenated alkanes) is 2. The molecule has 4 nitrogen and oxygen atoms in total. The Labute approximate surface area is 124 Å². The van der Waals surface area contributed by atoms with Crippen LogP contribution in [-0.2, 0) is 0 Å². The molecule has 2 N–H and O–H groups in total. The first-order valence-corrected chi connectivity index (χ1v) is 6.30. The van der Waals surface area contributed by atoms with E-state index in [1.165, 1.54) is 19.3 Å². The van der Waals surface area contributed by atoms with Crippen molar-refractivity contribution in [1.29, 1.82) is 0 Å². The van der Waals surface area contributed by atoms with Gasteiger partial charge in [0.25, 0.3) is 0 Å². The third-order valence-electron chi connectivity index (χ3n) is 2.37. The molecule has 0 heterocycles. The fraction of sp³-hybridized carbons (Fsp3) is 0.917. The van der Waals surface area contributed by atoms with Gasteiger partial charge in [-0.15, -0.1) is 24.0 Å². The van der Waals surface area contributed by atoms with Crippen molar-refractivity contribution in [2.75, 3.05) is 40.8 Å². The predicted octanol–water partition coefficient (Wildman–Crippen LogP) is 1.91. The van der Waals surface area contributed by atoms with Gasteiger partial charge in [-0.25, -0.2) is 0 Å². The third-order valence-corrected chi connectivity index (χ3v) is 2.37. The molecule has 0 bridgehead atoms. The van der Waals surface area contributed by atoms with Crippen LogP contribution in [0.3, 0.4) is 0 Å². The maximum absolute atomic E-state index is 4.18. The van der Waals surface area contributed by atoms with E-state index in [9.17, 15) is 0 Å². The standard InChI is InChI=1S/C12H28N4.HI/c1-5-6-7-9-14-12(13-2)15-10-8-11-16(3)4;/h5-11H2,1-4H3,(H2,13,14,15);1H. The quantitative estimate of drug-likeness (QED) is 0.302. The van der Waals surface area contributed by atoms with Gasteiger partial charge in [0, 0.05) is 20.1 Å². The van der Waals surface area contributed by atoms with Crippen LogP contribution >= 0.6 is 24.0 Å². The molecule has 17 heavy (non-hydrogen) atoms. The van der Waals surface area contributed by atoms with E-state index in [-0.39, 0.29) is 24.0 Å². The van der Waals surface area contributed by atoms with Crippen LogP contribution in [0.4, 0.5) is 0 Å². The molecule has 0 aromatic rings. The smallest absolute Gasteiger partial charge is 0.190 e. The predicted molar refractivity (Wildman–Crippen MR) is 87.5 cm³/mol. The van der Waals surface area contributed by atoms with E-state index < -0.39 is 0 Å². The van der Waals surface area contributed by atoms with Crippen molar-refractivity contribution in [2.24, 2.45) is 4.99 Å². The monoisotopic (exact) mass is 356 g/mol. The summed E-state index contributed by atoms with van der Waals surface area (Å²) in [7, 11) is 6.01. The lowest BCUT2D eigenvalue weighted by molar-refractivity contribution is 0.399. The van der Waals surface area contributed by atoms with Gasteiger partial charge in [-0.3, -0.25) is 4.99 Å². The first kappa shape index (κ1) is 19.3. The lowest BCUT2D eigenvalue weighted by Gasteiger charge is -2.13. The van der Waals surface area contributed by atoms with Crippen LogP contribution in [-0.4, -0.2) is 51.6 Å². The normalized spacial score (nSPS) is 11.2. The van der Waals surface area contributed by atoms with Crippen molar-refractivity contribution < 1.29 is 0 Å². The second kappa shape index (κ2) is 14.0. The first-order chi connectivity index (χ1) is 7.70. The van der Waals surface area contributed by atoms with Crippen LogP contribution in [0.15, 0.2) is 4.99 Å². The zero-order chi connectivity index (χ0) is 12.2. The molecular weight excluding hydrogens is 327 g/mol. The van der Waals surface area contributed by atoms with Crippen LogP contribution < -0.4 is 10.6 Å². The second-order valence-corrected chi connectivity index (χ2v) is 4.29.